The van der Waals surface area contributed by atoms with Gasteiger partial charge in [-0.2, -0.15) is 8.42 Å². The van der Waals surface area contributed by atoms with Gasteiger partial charge in [0.1, 0.15) is 22.2 Å². The van der Waals surface area contributed by atoms with Crippen LogP contribution >= 0.6 is 11.6 Å². The van der Waals surface area contributed by atoms with Gasteiger partial charge >= 0.3 is 0 Å². The maximum Gasteiger partial charge on any atom is 0.296 e. The minimum absolute atomic E-state index is 0.0171. The number of rotatable bonds is 8. The average Bonchev–Trinajstić information content (AvgIpc) is 2.73. The van der Waals surface area contributed by atoms with Crippen LogP contribution < -0.4 is 15.2 Å². The molecule has 0 heterocycles. The second kappa shape index (κ2) is 9.38. The molecule has 0 aliphatic heterocycles. The Bertz CT molecular complexity index is 1210. The summed E-state index contributed by atoms with van der Waals surface area (Å²) in [6, 6.07) is 16.8. The van der Waals surface area contributed by atoms with E-state index in [4.69, 9.17) is 32.2 Å². The van der Waals surface area contributed by atoms with Crippen LogP contribution in [0.25, 0.3) is 11.1 Å². The van der Waals surface area contributed by atoms with Crippen LogP contribution in [-0.2, 0) is 16.5 Å². The largest absolute Gasteiger partial charge is 0.497 e. The summed E-state index contributed by atoms with van der Waals surface area (Å²) in [4.78, 5) is -0.369. The fraction of sp³-hybridized carbons (Fsp3) is 0.136. The summed E-state index contributed by atoms with van der Waals surface area (Å²) in [5.41, 5.74) is 8.14. The molecule has 0 aliphatic rings. The van der Waals surface area contributed by atoms with Crippen LogP contribution in [-0.4, -0.2) is 32.5 Å². The highest BCUT2D eigenvalue weighted by Crippen LogP contribution is 2.36. The van der Waals surface area contributed by atoms with Crippen molar-refractivity contribution in [1.82, 2.24) is 0 Å². The molecule has 3 aromatic rings. The third-order valence-corrected chi connectivity index (χ3v) is 6.01. The Balaban J connectivity index is 1.82. The van der Waals surface area contributed by atoms with E-state index in [-0.39, 0.29) is 15.8 Å². The lowest BCUT2D eigenvalue weighted by Crippen LogP contribution is -2.10. The maximum atomic E-state index is 11.6. The SMILES string of the molecule is COc1cc(OCCc2ccc(C(=N)N)cc2)cc(-c2cccc(S(=O)(=O)O)c2Cl)c1. The van der Waals surface area contributed by atoms with E-state index >= 15 is 0 Å². The minimum atomic E-state index is -4.46. The van der Waals surface area contributed by atoms with Crippen molar-refractivity contribution in [1.29, 1.82) is 5.41 Å². The molecule has 0 spiro atoms. The summed E-state index contributed by atoms with van der Waals surface area (Å²) in [5.74, 6) is 1.04. The smallest absolute Gasteiger partial charge is 0.296 e. The molecular formula is C22H21ClN2O5S. The first kappa shape index (κ1) is 22.6. The van der Waals surface area contributed by atoms with Crippen LogP contribution in [0.1, 0.15) is 11.1 Å². The van der Waals surface area contributed by atoms with E-state index < -0.39 is 10.1 Å². The molecule has 3 aromatic carbocycles. The summed E-state index contributed by atoms with van der Waals surface area (Å²) in [7, 11) is -2.95. The van der Waals surface area contributed by atoms with E-state index in [9.17, 15) is 13.0 Å². The number of amidine groups is 1. The third-order valence-electron chi connectivity index (χ3n) is 4.59. The van der Waals surface area contributed by atoms with Crippen LogP contribution in [0.15, 0.2) is 65.6 Å². The number of methoxy groups -OCH3 is 1. The summed E-state index contributed by atoms with van der Waals surface area (Å²) in [6.07, 6.45) is 0.629. The second-order valence-corrected chi connectivity index (χ2v) is 8.47. The van der Waals surface area contributed by atoms with Crippen LogP contribution in [0.2, 0.25) is 5.02 Å². The number of halogens is 1. The lowest BCUT2D eigenvalue weighted by atomic mass is 10.0. The zero-order valence-corrected chi connectivity index (χ0v) is 18.2. The highest BCUT2D eigenvalue weighted by molar-refractivity contribution is 7.86. The lowest BCUT2D eigenvalue weighted by Gasteiger charge is -2.13. The first-order chi connectivity index (χ1) is 14.7. The van der Waals surface area contributed by atoms with Crippen molar-refractivity contribution in [2.45, 2.75) is 11.3 Å². The van der Waals surface area contributed by atoms with Crippen molar-refractivity contribution in [3.05, 3.63) is 76.8 Å². The standard InChI is InChI=1S/C22H21ClN2O5S/c1-29-17-11-16(19-3-2-4-20(21(19)23)31(26,27)28)12-18(13-17)30-10-9-14-5-7-15(8-6-14)22(24)25/h2-8,11-13H,9-10H2,1H3,(H3,24,25)(H,26,27,28). The zero-order chi connectivity index (χ0) is 22.6. The highest BCUT2D eigenvalue weighted by atomic mass is 35.5. The van der Waals surface area contributed by atoms with Gasteiger partial charge in [0.2, 0.25) is 0 Å². The molecule has 0 aromatic heterocycles. The molecule has 0 atom stereocenters. The Kier molecular flexibility index (Phi) is 6.84. The zero-order valence-electron chi connectivity index (χ0n) is 16.6. The van der Waals surface area contributed by atoms with Gasteiger partial charge in [0, 0.05) is 23.6 Å². The molecular weight excluding hydrogens is 440 g/mol. The molecule has 7 nitrogen and oxygen atoms in total. The quantitative estimate of drug-likeness (QED) is 0.263. The van der Waals surface area contributed by atoms with Gasteiger partial charge in [-0.15, -0.1) is 0 Å². The van der Waals surface area contributed by atoms with Crippen molar-refractivity contribution >= 4 is 27.6 Å². The van der Waals surface area contributed by atoms with Crippen LogP contribution in [0.3, 0.4) is 0 Å². The molecule has 0 saturated carbocycles. The Morgan fingerprint density at radius 1 is 1.10 bits per heavy atom. The van der Waals surface area contributed by atoms with E-state index in [1.165, 1.54) is 19.2 Å². The topological polar surface area (TPSA) is 123 Å². The number of nitrogens with two attached hydrogens (primary N) is 1. The van der Waals surface area contributed by atoms with Gasteiger partial charge < -0.3 is 15.2 Å². The molecule has 0 radical (unpaired) electrons. The van der Waals surface area contributed by atoms with E-state index in [2.05, 4.69) is 0 Å². The van der Waals surface area contributed by atoms with Crippen LogP contribution in [0, 0.1) is 5.41 Å². The minimum Gasteiger partial charge on any atom is -0.497 e. The van der Waals surface area contributed by atoms with E-state index in [1.54, 1.807) is 36.4 Å². The molecule has 4 N–H and O–H groups in total. The fourth-order valence-electron chi connectivity index (χ4n) is 3.00. The lowest BCUT2D eigenvalue weighted by molar-refractivity contribution is 0.319. The van der Waals surface area contributed by atoms with Gasteiger partial charge in [0.25, 0.3) is 10.1 Å². The maximum absolute atomic E-state index is 11.6. The Morgan fingerprint density at radius 2 is 1.77 bits per heavy atom. The number of nitrogens with one attached hydrogen (secondary N) is 1. The monoisotopic (exact) mass is 460 g/mol. The van der Waals surface area contributed by atoms with Gasteiger partial charge in [-0.1, -0.05) is 48.0 Å². The van der Waals surface area contributed by atoms with E-state index in [0.717, 1.165) is 5.56 Å². The average molecular weight is 461 g/mol. The molecule has 0 saturated heterocycles. The van der Waals surface area contributed by atoms with Gasteiger partial charge in [-0.25, -0.2) is 0 Å². The summed E-state index contributed by atoms with van der Waals surface area (Å²) < 4.78 is 43.7. The number of hydrogen-bond acceptors (Lipinski definition) is 5. The first-order valence-corrected chi connectivity index (χ1v) is 11.0. The van der Waals surface area contributed by atoms with Crippen molar-refractivity contribution in [2.24, 2.45) is 5.73 Å². The van der Waals surface area contributed by atoms with Gasteiger partial charge in [-0.3, -0.25) is 9.96 Å². The molecule has 0 unspecified atom stereocenters. The molecule has 0 bridgehead atoms. The number of ether oxygens (including phenoxy) is 2. The Labute approximate surface area is 185 Å². The summed E-state index contributed by atoms with van der Waals surface area (Å²) >= 11 is 6.25. The van der Waals surface area contributed by atoms with Crippen molar-refractivity contribution in [2.75, 3.05) is 13.7 Å². The van der Waals surface area contributed by atoms with Gasteiger partial charge in [0.15, 0.2) is 0 Å². The highest BCUT2D eigenvalue weighted by Gasteiger charge is 2.18. The Hall–Kier alpha value is -3.07. The molecule has 162 valence electrons. The second-order valence-electron chi connectivity index (χ2n) is 6.70. The Morgan fingerprint density at radius 3 is 2.39 bits per heavy atom. The third kappa shape index (κ3) is 5.55. The molecule has 0 aliphatic carbocycles. The van der Waals surface area contributed by atoms with Crippen LogP contribution in [0.4, 0.5) is 0 Å². The predicted molar refractivity (Wildman–Crippen MR) is 120 cm³/mol. The molecule has 0 amide bonds. The van der Waals surface area contributed by atoms with Crippen molar-refractivity contribution in [3.8, 4) is 22.6 Å². The van der Waals surface area contributed by atoms with E-state index in [0.29, 0.717) is 41.2 Å². The molecule has 3 rings (SSSR count). The number of hydrogen-bond donors (Lipinski definition) is 3. The predicted octanol–water partition coefficient (Wildman–Crippen LogP) is 4.17. The normalized spacial score (nSPS) is 11.2. The molecule has 0 fully saturated rings. The summed E-state index contributed by atoms with van der Waals surface area (Å²) in [5, 5.41) is 7.34. The van der Waals surface area contributed by atoms with Crippen LogP contribution in [0.5, 0.6) is 11.5 Å². The van der Waals surface area contributed by atoms with Crippen molar-refractivity contribution in [3.63, 3.8) is 0 Å². The first-order valence-electron chi connectivity index (χ1n) is 9.20. The van der Waals surface area contributed by atoms with E-state index in [1.807, 2.05) is 12.1 Å². The molecule has 9 heteroatoms. The summed E-state index contributed by atoms with van der Waals surface area (Å²) in [6.45, 7) is 0.380. The fourth-order valence-corrected chi connectivity index (χ4v) is 4.11. The van der Waals surface area contributed by atoms with Crippen molar-refractivity contribution < 1.29 is 22.4 Å². The van der Waals surface area contributed by atoms with Gasteiger partial charge in [-0.05, 0) is 29.3 Å². The number of nitrogen functional groups attached to an aromatic ring is 1. The molecule has 31 heavy (non-hydrogen) atoms. The van der Waals surface area contributed by atoms with Gasteiger partial charge in [0.05, 0.1) is 18.7 Å². The number of benzene rings is 3.